The van der Waals surface area contributed by atoms with Gasteiger partial charge in [0.25, 0.3) is 0 Å². The van der Waals surface area contributed by atoms with Crippen molar-refractivity contribution in [1.29, 1.82) is 0 Å². The Morgan fingerprint density at radius 3 is 2.71 bits per heavy atom. The van der Waals surface area contributed by atoms with Crippen LogP contribution in [0.2, 0.25) is 0 Å². The van der Waals surface area contributed by atoms with Crippen LogP contribution in [0.15, 0.2) is 0 Å². The first-order valence-corrected chi connectivity index (χ1v) is 8.35. The van der Waals surface area contributed by atoms with Crippen LogP contribution < -0.4 is 5.32 Å². The Morgan fingerprint density at radius 2 is 2.18 bits per heavy atom. The van der Waals surface area contributed by atoms with Gasteiger partial charge >= 0.3 is 0 Å². The fourth-order valence-corrected chi connectivity index (χ4v) is 4.08. The molecule has 2 aliphatic rings. The zero-order chi connectivity index (χ0) is 12.3. The third-order valence-corrected chi connectivity index (χ3v) is 6.23. The van der Waals surface area contributed by atoms with Crippen molar-refractivity contribution >= 4 is 11.8 Å². The van der Waals surface area contributed by atoms with E-state index in [0.29, 0.717) is 10.8 Å². The summed E-state index contributed by atoms with van der Waals surface area (Å²) in [6.07, 6.45) is 9.32. The van der Waals surface area contributed by atoms with Crippen LogP contribution in [-0.2, 0) is 0 Å². The average Bonchev–Trinajstić information content (AvgIpc) is 2.28. The zero-order valence-corrected chi connectivity index (χ0v) is 12.5. The SMILES string of the molecule is CSC1(CNC(C)C2CCCN(C)C2)CCC1. The predicted molar refractivity (Wildman–Crippen MR) is 77.8 cm³/mol. The van der Waals surface area contributed by atoms with E-state index >= 15 is 0 Å². The first-order valence-electron chi connectivity index (χ1n) is 7.12. The maximum absolute atomic E-state index is 3.82. The Bertz CT molecular complexity index is 235. The van der Waals surface area contributed by atoms with E-state index < -0.39 is 0 Å². The van der Waals surface area contributed by atoms with Crippen LogP contribution >= 0.6 is 11.8 Å². The van der Waals surface area contributed by atoms with E-state index in [-0.39, 0.29) is 0 Å². The molecule has 0 bridgehead atoms. The minimum Gasteiger partial charge on any atom is -0.313 e. The Morgan fingerprint density at radius 1 is 1.41 bits per heavy atom. The predicted octanol–water partition coefficient (Wildman–Crippen LogP) is 2.59. The van der Waals surface area contributed by atoms with Crippen molar-refractivity contribution in [3.63, 3.8) is 0 Å². The second kappa shape index (κ2) is 5.94. The van der Waals surface area contributed by atoms with Gasteiger partial charge in [0.1, 0.15) is 0 Å². The molecule has 0 aromatic rings. The molecule has 2 atom stereocenters. The maximum Gasteiger partial charge on any atom is 0.0281 e. The fourth-order valence-electron chi connectivity index (χ4n) is 3.15. The van der Waals surface area contributed by atoms with Gasteiger partial charge in [0.15, 0.2) is 0 Å². The summed E-state index contributed by atoms with van der Waals surface area (Å²) in [6, 6.07) is 0.683. The smallest absolute Gasteiger partial charge is 0.0281 e. The van der Waals surface area contributed by atoms with Gasteiger partial charge in [0.05, 0.1) is 0 Å². The minimum absolute atomic E-state index is 0.578. The fraction of sp³-hybridized carbons (Fsp3) is 1.00. The van der Waals surface area contributed by atoms with Gasteiger partial charge in [-0.3, -0.25) is 0 Å². The number of likely N-dealkylation sites (tertiary alicyclic amines) is 1. The number of piperidine rings is 1. The molecule has 2 unspecified atom stereocenters. The van der Waals surface area contributed by atoms with Crippen molar-refractivity contribution < 1.29 is 0 Å². The Labute approximate surface area is 111 Å². The van der Waals surface area contributed by atoms with E-state index in [9.17, 15) is 0 Å². The monoisotopic (exact) mass is 256 g/mol. The molecule has 2 rings (SSSR count). The summed E-state index contributed by atoms with van der Waals surface area (Å²) >= 11 is 2.08. The molecule has 2 fully saturated rings. The maximum atomic E-state index is 3.82. The lowest BCUT2D eigenvalue weighted by Crippen LogP contribution is -2.50. The summed E-state index contributed by atoms with van der Waals surface area (Å²) in [7, 11) is 2.26. The van der Waals surface area contributed by atoms with Crippen molar-refractivity contribution in [3.05, 3.63) is 0 Å². The third-order valence-electron chi connectivity index (χ3n) is 4.81. The van der Waals surface area contributed by atoms with Crippen molar-refractivity contribution in [2.45, 2.75) is 49.8 Å². The van der Waals surface area contributed by atoms with Crippen LogP contribution in [0, 0.1) is 5.92 Å². The number of nitrogens with zero attached hydrogens (tertiary/aromatic N) is 1. The molecule has 0 aromatic carbocycles. The zero-order valence-electron chi connectivity index (χ0n) is 11.7. The van der Waals surface area contributed by atoms with Crippen LogP contribution in [0.25, 0.3) is 0 Å². The van der Waals surface area contributed by atoms with Crippen molar-refractivity contribution in [2.24, 2.45) is 5.92 Å². The molecular weight excluding hydrogens is 228 g/mol. The van der Waals surface area contributed by atoms with Crippen molar-refractivity contribution in [1.82, 2.24) is 10.2 Å². The van der Waals surface area contributed by atoms with E-state index in [2.05, 4.69) is 42.2 Å². The normalized spacial score (nSPS) is 30.9. The molecule has 0 amide bonds. The molecule has 3 heteroatoms. The lowest BCUT2D eigenvalue weighted by atomic mass is 9.83. The van der Waals surface area contributed by atoms with E-state index in [4.69, 9.17) is 0 Å². The highest BCUT2D eigenvalue weighted by atomic mass is 32.2. The standard InChI is InChI=1S/C14H28N2S/c1-12(13-6-4-9-16(2)10-13)15-11-14(17-3)7-5-8-14/h12-13,15H,4-11H2,1-3H3. The van der Waals surface area contributed by atoms with Crippen LogP contribution in [0.4, 0.5) is 0 Å². The average molecular weight is 256 g/mol. The van der Waals surface area contributed by atoms with Gasteiger partial charge in [0, 0.05) is 23.9 Å². The first-order chi connectivity index (χ1) is 8.15. The summed E-state index contributed by atoms with van der Waals surface area (Å²) < 4.78 is 0.578. The number of hydrogen-bond acceptors (Lipinski definition) is 3. The molecule has 17 heavy (non-hydrogen) atoms. The van der Waals surface area contributed by atoms with E-state index in [1.54, 1.807) is 0 Å². The van der Waals surface area contributed by atoms with Gasteiger partial charge in [-0.15, -0.1) is 0 Å². The highest BCUT2D eigenvalue weighted by Crippen LogP contribution is 2.42. The van der Waals surface area contributed by atoms with Crippen LogP contribution in [-0.4, -0.2) is 48.6 Å². The molecule has 0 radical (unpaired) electrons. The highest BCUT2D eigenvalue weighted by Gasteiger charge is 2.36. The largest absolute Gasteiger partial charge is 0.313 e. The Kier molecular flexibility index (Phi) is 4.79. The highest BCUT2D eigenvalue weighted by molar-refractivity contribution is 8.00. The molecule has 100 valence electrons. The summed E-state index contributed by atoms with van der Waals surface area (Å²) in [4.78, 5) is 2.49. The third kappa shape index (κ3) is 3.39. The number of nitrogens with one attached hydrogen (secondary N) is 1. The molecule has 0 spiro atoms. The van der Waals surface area contributed by atoms with Crippen LogP contribution in [0.3, 0.4) is 0 Å². The van der Waals surface area contributed by atoms with Crippen molar-refractivity contribution in [2.75, 3.05) is 32.9 Å². The van der Waals surface area contributed by atoms with Gasteiger partial charge in [-0.25, -0.2) is 0 Å². The summed E-state index contributed by atoms with van der Waals surface area (Å²) in [5, 5.41) is 3.82. The molecule has 1 saturated carbocycles. The van der Waals surface area contributed by atoms with Gasteiger partial charge in [-0.1, -0.05) is 6.42 Å². The molecule has 1 N–H and O–H groups in total. The van der Waals surface area contributed by atoms with Gasteiger partial charge in [0.2, 0.25) is 0 Å². The summed E-state index contributed by atoms with van der Waals surface area (Å²) in [6.45, 7) is 6.17. The molecule has 1 saturated heterocycles. The summed E-state index contributed by atoms with van der Waals surface area (Å²) in [5.41, 5.74) is 0. The number of thioether (sulfide) groups is 1. The quantitative estimate of drug-likeness (QED) is 0.814. The van der Waals surface area contributed by atoms with Gasteiger partial charge < -0.3 is 10.2 Å². The van der Waals surface area contributed by atoms with Crippen molar-refractivity contribution in [3.8, 4) is 0 Å². The lowest BCUT2D eigenvalue weighted by molar-refractivity contribution is 0.174. The Balaban J connectivity index is 1.74. The molecule has 1 heterocycles. The topological polar surface area (TPSA) is 15.3 Å². The minimum atomic E-state index is 0.578. The first kappa shape index (κ1) is 13.7. The molecule has 2 nitrogen and oxygen atoms in total. The Hall–Kier alpha value is 0.270. The molecular formula is C14H28N2S. The molecule has 0 aromatic heterocycles. The van der Waals surface area contributed by atoms with E-state index in [1.165, 1.54) is 51.7 Å². The number of hydrogen-bond donors (Lipinski definition) is 1. The summed E-state index contributed by atoms with van der Waals surface area (Å²) in [5.74, 6) is 0.854. The van der Waals surface area contributed by atoms with E-state index in [0.717, 1.165) is 5.92 Å². The van der Waals surface area contributed by atoms with Crippen LogP contribution in [0.5, 0.6) is 0 Å². The molecule has 1 aliphatic carbocycles. The number of rotatable bonds is 5. The lowest BCUT2D eigenvalue weighted by Gasteiger charge is -2.42. The van der Waals surface area contributed by atoms with Gasteiger partial charge in [-0.2, -0.15) is 11.8 Å². The second-order valence-corrected chi connectivity index (χ2v) is 7.35. The van der Waals surface area contributed by atoms with E-state index in [1.807, 2.05) is 0 Å². The van der Waals surface area contributed by atoms with Gasteiger partial charge in [-0.05, 0) is 58.4 Å². The molecule has 1 aliphatic heterocycles. The van der Waals surface area contributed by atoms with Crippen LogP contribution in [0.1, 0.15) is 39.0 Å². The second-order valence-electron chi connectivity index (χ2n) is 6.07.